The van der Waals surface area contributed by atoms with Gasteiger partial charge in [0.2, 0.25) is 0 Å². The molecule has 30 heavy (non-hydrogen) atoms. The van der Waals surface area contributed by atoms with Crippen LogP contribution in [0.25, 0.3) is 6.08 Å². The zero-order valence-corrected chi connectivity index (χ0v) is 18.5. The van der Waals surface area contributed by atoms with Crippen LogP contribution in [0.15, 0.2) is 82.7 Å². The van der Waals surface area contributed by atoms with Crippen molar-refractivity contribution in [2.24, 2.45) is 4.99 Å². The highest BCUT2D eigenvalue weighted by molar-refractivity contribution is 8.18. The minimum Gasteiger partial charge on any atom is -0.286 e. The molecule has 0 aliphatic carbocycles. The van der Waals surface area contributed by atoms with Crippen LogP contribution in [0.4, 0.5) is 5.69 Å². The number of hydrogen-bond donors (Lipinski definition) is 0. The van der Waals surface area contributed by atoms with Crippen LogP contribution >= 0.6 is 11.8 Å². The molecule has 1 amide bonds. The summed E-state index contributed by atoms with van der Waals surface area (Å²) >= 11 is 1.44. The lowest BCUT2D eigenvalue weighted by atomic mass is 10.2. The van der Waals surface area contributed by atoms with Gasteiger partial charge in [-0.2, -0.15) is 0 Å². The Morgan fingerprint density at radius 2 is 1.60 bits per heavy atom. The van der Waals surface area contributed by atoms with Crippen molar-refractivity contribution in [3.63, 3.8) is 0 Å². The maximum atomic E-state index is 13.2. The van der Waals surface area contributed by atoms with Crippen LogP contribution in [0.5, 0.6) is 0 Å². The first-order valence-corrected chi connectivity index (χ1v) is 11.3. The van der Waals surface area contributed by atoms with E-state index < -0.39 is 0 Å². The molecule has 5 heteroatoms. The first kappa shape index (κ1) is 22.1. The average Bonchev–Trinajstić information content (AvgIpc) is 3.04. The standard InChI is InChI=1S/C25H29N3OS/c1-3-18-27(19-4-2)20-28-24(29)23(17-11-14-21-12-7-5-8-13-21)30-25(28)26-22-15-9-6-10-16-22/h5-17H,3-4,18-20H2,1-2H3/b14-11+,23-17+,26-25?. The molecule has 1 saturated heterocycles. The predicted molar refractivity (Wildman–Crippen MR) is 129 cm³/mol. The molecule has 156 valence electrons. The lowest BCUT2D eigenvalue weighted by molar-refractivity contribution is -0.123. The molecule has 2 aromatic carbocycles. The first-order valence-electron chi connectivity index (χ1n) is 10.5. The number of carbonyl (C=O) groups excluding carboxylic acids is 1. The number of aliphatic imine (C=N–C) groups is 1. The second-order valence-corrected chi connectivity index (χ2v) is 8.13. The van der Waals surface area contributed by atoms with Gasteiger partial charge in [-0.15, -0.1) is 0 Å². The normalized spacial score (nSPS) is 17.2. The van der Waals surface area contributed by atoms with Crippen LogP contribution in [-0.2, 0) is 4.79 Å². The van der Waals surface area contributed by atoms with Crippen LogP contribution in [0.3, 0.4) is 0 Å². The Balaban J connectivity index is 1.84. The van der Waals surface area contributed by atoms with E-state index in [4.69, 9.17) is 4.99 Å². The summed E-state index contributed by atoms with van der Waals surface area (Å²) < 4.78 is 0. The molecule has 0 bridgehead atoms. The minimum absolute atomic E-state index is 0.0181. The van der Waals surface area contributed by atoms with Crippen LogP contribution in [0, 0.1) is 0 Å². The quantitative estimate of drug-likeness (QED) is 0.473. The second-order valence-electron chi connectivity index (χ2n) is 7.13. The van der Waals surface area contributed by atoms with E-state index in [0.29, 0.717) is 11.6 Å². The SMILES string of the molecule is CCCN(CCC)CN1C(=O)/C(=C\C=C\c2ccccc2)SC1=Nc1ccccc1. The van der Waals surface area contributed by atoms with Crippen LogP contribution < -0.4 is 0 Å². The molecule has 0 aromatic heterocycles. The Hall–Kier alpha value is -2.63. The van der Waals surface area contributed by atoms with Gasteiger partial charge in [-0.25, -0.2) is 4.99 Å². The van der Waals surface area contributed by atoms with Gasteiger partial charge in [-0.05, 0) is 61.5 Å². The number of amides is 1. The fourth-order valence-electron chi connectivity index (χ4n) is 3.24. The largest absolute Gasteiger partial charge is 0.286 e. The zero-order valence-electron chi connectivity index (χ0n) is 17.7. The number of amidine groups is 1. The molecule has 0 unspecified atom stereocenters. The monoisotopic (exact) mass is 419 g/mol. The van der Waals surface area contributed by atoms with Gasteiger partial charge in [0, 0.05) is 0 Å². The van der Waals surface area contributed by atoms with Crippen molar-refractivity contribution >= 4 is 34.6 Å². The molecule has 2 aromatic rings. The Kier molecular flexibility index (Phi) is 8.48. The smallest absolute Gasteiger partial charge is 0.267 e. The summed E-state index contributed by atoms with van der Waals surface area (Å²) in [5.41, 5.74) is 1.97. The van der Waals surface area contributed by atoms with Crippen molar-refractivity contribution in [3.8, 4) is 0 Å². The molecule has 0 atom stereocenters. The van der Waals surface area contributed by atoms with Crippen LogP contribution in [-0.4, -0.2) is 40.6 Å². The summed E-state index contributed by atoms with van der Waals surface area (Å²) in [4.78, 5) is 22.8. The number of benzene rings is 2. The Labute approximate surface area is 184 Å². The molecule has 0 spiro atoms. The minimum atomic E-state index is 0.0181. The topological polar surface area (TPSA) is 35.9 Å². The number of hydrogen-bond acceptors (Lipinski definition) is 4. The van der Waals surface area contributed by atoms with E-state index in [1.165, 1.54) is 11.8 Å². The Morgan fingerprint density at radius 3 is 2.23 bits per heavy atom. The van der Waals surface area contributed by atoms with E-state index in [2.05, 4.69) is 18.7 Å². The molecular formula is C25H29N3OS. The van der Waals surface area contributed by atoms with E-state index in [9.17, 15) is 4.79 Å². The van der Waals surface area contributed by atoms with Crippen molar-refractivity contribution in [3.05, 3.63) is 83.3 Å². The summed E-state index contributed by atoms with van der Waals surface area (Å²) in [6.45, 7) is 6.84. The van der Waals surface area contributed by atoms with Gasteiger partial charge in [0.05, 0.1) is 17.3 Å². The van der Waals surface area contributed by atoms with Gasteiger partial charge < -0.3 is 0 Å². The molecule has 0 radical (unpaired) electrons. The fraction of sp³-hybridized carbons (Fsp3) is 0.280. The molecule has 4 nitrogen and oxygen atoms in total. The maximum absolute atomic E-state index is 13.2. The van der Waals surface area contributed by atoms with Gasteiger partial charge in [0.15, 0.2) is 5.17 Å². The highest BCUT2D eigenvalue weighted by Gasteiger charge is 2.34. The molecule has 0 N–H and O–H groups in total. The van der Waals surface area contributed by atoms with Crippen molar-refractivity contribution in [1.29, 1.82) is 0 Å². The predicted octanol–water partition coefficient (Wildman–Crippen LogP) is 5.93. The summed E-state index contributed by atoms with van der Waals surface area (Å²) in [7, 11) is 0. The first-order chi connectivity index (χ1) is 14.7. The van der Waals surface area contributed by atoms with Crippen LogP contribution in [0.2, 0.25) is 0 Å². The van der Waals surface area contributed by atoms with Crippen molar-refractivity contribution < 1.29 is 4.79 Å². The highest BCUT2D eigenvalue weighted by atomic mass is 32.2. The van der Waals surface area contributed by atoms with Gasteiger partial charge in [-0.3, -0.25) is 14.6 Å². The third-order valence-electron chi connectivity index (χ3n) is 4.63. The molecule has 1 aliphatic heterocycles. The summed E-state index contributed by atoms with van der Waals surface area (Å²) in [6, 6.07) is 19.9. The number of carbonyl (C=O) groups is 1. The molecule has 1 fully saturated rings. The van der Waals surface area contributed by atoms with Gasteiger partial charge in [0.1, 0.15) is 0 Å². The Bertz CT molecular complexity index is 901. The van der Waals surface area contributed by atoms with E-state index in [0.717, 1.165) is 42.3 Å². The number of nitrogens with zero attached hydrogens (tertiary/aromatic N) is 3. The van der Waals surface area contributed by atoms with Crippen LogP contribution in [0.1, 0.15) is 32.3 Å². The summed E-state index contributed by atoms with van der Waals surface area (Å²) in [5.74, 6) is 0.0181. The lowest BCUT2D eigenvalue weighted by Crippen LogP contribution is -2.41. The van der Waals surface area contributed by atoms with E-state index in [-0.39, 0.29) is 5.91 Å². The molecular weight excluding hydrogens is 390 g/mol. The second kappa shape index (κ2) is 11.5. The zero-order chi connectivity index (χ0) is 21.2. The molecule has 1 heterocycles. The van der Waals surface area contributed by atoms with Gasteiger partial charge in [0.25, 0.3) is 5.91 Å². The third-order valence-corrected chi connectivity index (χ3v) is 5.65. The fourth-order valence-corrected chi connectivity index (χ4v) is 4.18. The van der Waals surface area contributed by atoms with Gasteiger partial charge >= 0.3 is 0 Å². The average molecular weight is 420 g/mol. The lowest BCUT2D eigenvalue weighted by Gasteiger charge is -2.26. The summed E-state index contributed by atoms with van der Waals surface area (Å²) in [6.07, 6.45) is 7.96. The van der Waals surface area contributed by atoms with Gasteiger partial charge in [-0.1, -0.05) is 74.5 Å². The molecule has 0 saturated carbocycles. The Morgan fingerprint density at radius 1 is 0.967 bits per heavy atom. The number of thioether (sulfide) groups is 1. The molecule has 3 rings (SSSR count). The van der Waals surface area contributed by atoms with E-state index in [1.807, 2.05) is 83.8 Å². The highest BCUT2D eigenvalue weighted by Crippen LogP contribution is 2.33. The van der Waals surface area contributed by atoms with E-state index >= 15 is 0 Å². The van der Waals surface area contributed by atoms with Crippen molar-refractivity contribution in [2.75, 3.05) is 19.8 Å². The molecule has 1 aliphatic rings. The van der Waals surface area contributed by atoms with Crippen molar-refractivity contribution in [1.82, 2.24) is 9.80 Å². The third kappa shape index (κ3) is 6.18. The number of allylic oxidation sites excluding steroid dienone is 2. The van der Waals surface area contributed by atoms with E-state index in [1.54, 1.807) is 0 Å². The summed E-state index contributed by atoms with van der Waals surface area (Å²) in [5, 5.41) is 0.739. The number of para-hydroxylation sites is 1. The number of rotatable bonds is 9. The van der Waals surface area contributed by atoms with Crippen molar-refractivity contribution in [2.45, 2.75) is 26.7 Å². The maximum Gasteiger partial charge on any atom is 0.267 e.